The van der Waals surface area contributed by atoms with Crippen LogP contribution < -0.4 is 14.4 Å². The van der Waals surface area contributed by atoms with Gasteiger partial charge in [0.05, 0.1) is 31.0 Å². The third kappa shape index (κ3) is 5.31. The van der Waals surface area contributed by atoms with Gasteiger partial charge in [-0.25, -0.2) is 4.98 Å². The Morgan fingerprint density at radius 3 is 2.59 bits per heavy atom. The number of carbonyl (C=O) groups excluding carboxylic acids is 2. The summed E-state index contributed by atoms with van der Waals surface area (Å²) in [7, 11) is 1.52. The monoisotopic (exact) mass is 627 g/mol. The number of rotatable bonds is 9. The van der Waals surface area contributed by atoms with Gasteiger partial charge in [0.15, 0.2) is 21.6 Å². The Morgan fingerprint density at radius 2 is 1.84 bits per heavy atom. The van der Waals surface area contributed by atoms with E-state index >= 15 is 0 Å². The van der Waals surface area contributed by atoms with Gasteiger partial charge in [-0.1, -0.05) is 65.1 Å². The number of anilines is 1. The highest BCUT2D eigenvalue weighted by atomic mass is 32.2. The van der Waals surface area contributed by atoms with E-state index in [4.69, 9.17) is 9.47 Å². The van der Waals surface area contributed by atoms with Crippen LogP contribution in [0.1, 0.15) is 41.0 Å². The lowest BCUT2D eigenvalue weighted by Gasteiger charge is -2.23. The summed E-state index contributed by atoms with van der Waals surface area (Å²) in [5.74, 6) is -0.386. The molecule has 0 bridgehead atoms. The molecule has 5 aromatic rings. The third-order valence-electron chi connectivity index (χ3n) is 7.26. The second kappa shape index (κ2) is 12.1. The molecule has 0 spiro atoms. The minimum Gasteiger partial charge on any atom is -0.505 e. The van der Waals surface area contributed by atoms with Crippen molar-refractivity contribution in [3.8, 4) is 11.5 Å². The predicted octanol–water partition coefficient (Wildman–Crippen LogP) is 6.13. The maximum Gasteiger partial charge on any atom is 0.301 e. The first kappa shape index (κ1) is 29.4. The number of ether oxygens (including phenoxy) is 2. The third-order valence-corrected chi connectivity index (χ3v) is 9.39. The van der Waals surface area contributed by atoms with Crippen LogP contribution in [-0.4, -0.2) is 50.1 Å². The number of hydrogen-bond acceptors (Lipinski definition) is 10. The summed E-state index contributed by atoms with van der Waals surface area (Å²) in [5, 5.41) is 20.7. The number of aliphatic hydroxyl groups excluding tert-OH is 1. The number of Topliss-reactive ketones (excluding diaryl/α,β-unsaturated/α-hetero) is 1. The first-order valence-electron chi connectivity index (χ1n) is 13.9. The van der Waals surface area contributed by atoms with Crippen LogP contribution in [0.3, 0.4) is 0 Å². The molecular weight excluding hydrogens is 599 g/mol. The fourth-order valence-corrected chi connectivity index (χ4v) is 7.01. The van der Waals surface area contributed by atoms with Crippen LogP contribution in [0.25, 0.3) is 11.4 Å². The number of amides is 1. The lowest BCUT2D eigenvalue weighted by atomic mass is 9.96. The molecule has 1 aliphatic heterocycles. The number of imidazole rings is 1. The van der Waals surface area contributed by atoms with Gasteiger partial charge in [-0.15, -0.1) is 10.2 Å². The number of aryl methyl sites for hydroxylation is 2. The second-order valence-electron chi connectivity index (χ2n) is 10.1. The number of ketones is 1. The maximum atomic E-state index is 13.8. The van der Waals surface area contributed by atoms with E-state index in [-0.39, 0.29) is 16.5 Å². The molecule has 1 N–H and O–H groups in total. The molecule has 10 nitrogen and oxygen atoms in total. The van der Waals surface area contributed by atoms with E-state index in [0.717, 1.165) is 5.56 Å². The average molecular weight is 628 g/mol. The smallest absolute Gasteiger partial charge is 0.301 e. The van der Waals surface area contributed by atoms with Gasteiger partial charge in [-0.05, 0) is 56.2 Å². The second-order valence-corrected chi connectivity index (χ2v) is 12.3. The number of thioether (sulfide) groups is 1. The molecule has 6 rings (SSSR count). The molecule has 0 aliphatic carbocycles. The van der Waals surface area contributed by atoms with Gasteiger partial charge in [0, 0.05) is 11.9 Å². The standard InChI is InChI=1S/C32H29N5O5S2/c1-5-42-22-14-13-21(16-23(22)41-4)27-25(28(38)26-19(3)33-24-8-6-7-15-36(24)26)29(39)30(40)37(27)31-34-35-32(44-31)43-17-20-11-9-18(2)10-12-20/h6-16,27,38H,5,17H2,1-4H3. The molecule has 1 unspecified atom stereocenters. The Balaban J connectivity index is 1.46. The van der Waals surface area contributed by atoms with Gasteiger partial charge >= 0.3 is 5.91 Å². The van der Waals surface area contributed by atoms with Crippen LogP contribution in [-0.2, 0) is 15.3 Å². The number of aromatic nitrogens is 4. The highest BCUT2D eigenvalue weighted by Gasteiger charge is 2.49. The van der Waals surface area contributed by atoms with Crippen LogP contribution in [0.15, 0.2) is 76.8 Å². The quantitative estimate of drug-likeness (QED) is 0.0677. The first-order valence-corrected chi connectivity index (χ1v) is 15.7. The Labute approximate surface area is 262 Å². The van der Waals surface area contributed by atoms with Crippen molar-refractivity contribution in [2.75, 3.05) is 18.6 Å². The van der Waals surface area contributed by atoms with Crippen LogP contribution in [0, 0.1) is 13.8 Å². The highest BCUT2D eigenvalue weighted by Crippen LogP contribution is 2.46. The molecule has 2 aromatic carbocycles. The van der Waals surface area contributed by atoms with Crippen molar-refractivity contribution in [2.24, 2.45) is 0 Å². The molecular formula is C32H29N5O5S2. The first-order chi connectivity index (χ1) is 21.3. The van der Waals surface area contributed by atoms with Crippen molar-refractivity contribution < 1.29 is 24.2 Å². The van der Waals surface area contributed by atoms with Gasteiger partial charge in [0.1, 0.15) is 11.3 Å². The van der Waals surface area contributed by atoms with E-state index in [2.05, 4.69) is 39.4 Å². The topological polar surface area (TPSA) is 119 Å². The van der Waals surface area contributed by atoms with Crippen molar-refractivity contribution in [3.05, 3.63) is 101 Å². The van der Waals surface area contributed by atoms with Crippen LogP contribution in [0.5, 0.6) is 11.5 Å². The predicted molar refractivity (Wildman–Crippen MR) is 170 cm³/mol. The zero-order chi connectivity index (χ0) is 31.0. The van der Waals surface area contributed by atoms with E-state index in [1.54, 1.807) is 47.9 Å². The van der Waals surface area contributed by atoms with Crippen LogP contribution in [0.4, 0.5) is 5.13 Å². The average Bonchev–Trinajstić information content (AvgIpc) is 3.70. The summed E-state index contributed by atoms with van der Waals surface area (Å²) >= 11 is 2.70. The van der Waals surface area contributed by atoms with Gasteiger partial charge in [-0.2, -0.15) is 0 Å². The molecule has 12 heteroatoms. The van der Waals surface area contributed by atoms with Crippen molar-refractivity contribution in [2.45, 2.75) is 36.9 Å². The Bertz CT molecular complexity index is 1910. The minimum absolute atomic E-state index is 0.0842. The molecule has 224 valence electrons. The van der Waals surface area contributed by atoms with E-state index < -0.39 is 17.7 Å². The molecule has 0 radical (unpaired) electrons. The molecule has 1 fully saturated rings. The lowest BCUT2D eigenvalue weighted by Crippen LogP contribution is -2.29. The lowest BCUT2D eigenvalue weighted by molar-refractivity contribution is -0.132. The van der Waals surface area contributed by atoms with Crippen LogP contribution in [0.2, 0.25) is 0 Å². The number of pyridine rings is 1. The Hall–Kier alpha value is -4.68. The SMILES string of the molecule is CCOc1ccc(C2C(=C(O)c3c(C)nc4ccccn34)C(=O)C(=O)N2c2nnc(SCc3ccc(C)cc3)s2)cc1OC. The fourth-order valence-electron chi connectivity index (χ4n) is 5.19. The number of methoxy groups -OCH3 is 1. The summed E-state index contributed by atoms with van der Waals surface area (Å²) in [6.07, 6.45) is 1.75. The fraction of sp³-hybridized carbons (Fsp3) is 0.219. The summed E-state index contributed by atoms with van der Waals surface area (Å²) in [6, 6.07) is 17.8. The molecule has 44 heavy (non-hydrogen) atoms. The largest absolute Gasteiger partial charge is 0.505 e. The molecule has 4 heterocycles. The zero-order valence-electron chi connectivity index (χ0n) is 24.5. The summed E-state index contributed by atoms with van der Waals surface area (Å²) < 4.78 is 13.6. The highest BCUT2D eigenvalue weighted by molar-refractivity contribution is 8.00. The molecule has 1 amide bonds. The van der Waals surface area contributed by atoms with Crippen molar-refractivity contribution in [1.29, 1.82) is 0 Å². The van der Waals surface area contributed by atoms with Gasteiger partial charge < -0.3 is 14.6 Å². The minimum atomic E-state index is -1.02. The van der Waals surface area contributed by atoms with Crippen molar-refractivity contribution >= 4 is 51.3 Å². The number of aliphatic hydroxyl groups is 1. The van der Waals surface area contributed by atoms with Crippen molar-refractivity contribution in [3.63, 3.8) is 0 Å². The number of carbonyl (C=O) groups is 2. The molecule has 1 saturated heterocycles. The molecule has 1 atom stereocenters. The van der Waals surface area contributed by atoms with Gasteiger partial charge in [-0.3, -0.25) is 18.9 Å². The Kier molecular flexibility index (Phi) is 8.11. The normalized spacial score (nSPS) is 16.2. The molecule has 3 aromatic heterocycles. The van der Waals surface area contributed by atoms with E-state index in [9.17, 15) is 14.7 Å². The molecule has 0 saturated carbocycles. The number of nitrogens with zero attached hydrogens (tertiary/aromatic N) is 5. The van der Waals surface area contributed by atoms with Crippen LogP contribution >= 0.6 is 23.1 Å². The summed E-state index contributed by atoms with van der Waals surface area (Å²) in [5.41, 5.74) is 4.18. The van der Waals surface area contributed by atoms with Crippen molar-refractivity contribution in [1.82, 2.24) is 19.6 Å². The summed E-state index contributed by atoms with van der Waals surface area (Å²) in [4.78, 5) is 33.4. The summed E-state index contributed by atoms with van der Waals surface area (Å²) in [6.45, 7) is 6.07. The Morgan fingerprint density at radius 1 is 1.05 bits per heavy atom. The number of hydrogen-bond donors (Lipinski definition) is 1. The van der Waals surface area contributed by atoms with E-state index in [1.807, 2.05) is 19.9 Å². The van der Waals surface area contributed by atoms with E-state index in [0.29, 0.717) is 50.8 Å². The zero-order valence-corrected chi connectivity index (χ0v) is 26.1. The van der Waals surface area contributed by atoms with Gasteiger partial charge in [0.25, 0.3) is 5.78 Å². The van der Waals surface area contributed by atoms with E-state index in [1.165, 1.54) is 40.7 Å². The number of fused-ring (bicyclic) bond motifs is 1. The van der Waals surface area contributed by atoms with Gasteiger partial charge in [0.2, 0.25) is 5.13 Å². The maximum absolute atomic E-state index is 13.8. The molecule has 1 aliphatic rings. The number of benzene rings is 2.